The predicted molar refractivity (Wildman–Crippen MR) is 88.9 cm³/mol. The molecular formula is C20H24O. The van der Waals surface area contributed by atoms with Crippen LogP contribution in [0.4, 0.5) is 0 Å². The molecule has 2 rings (SSSR count). The Hall–Kier alpha value is -1.89. The van der Waals surface area contributed by atoms with Crippen molar-refractivity contribution in [2.45, 2.75) is 45.4 Å². The summed E-state index contributed by atoms with van der Waals surface area (Å²) >= 11 is 0. The summed E-state index contributed by atoms with van der Waals surface area (Å²) in [5.74, 6) is 0.121. The number of carbonyl (C=O) groups is 1. The van der Waals surface area contributed by atoms with E-state index < -0.39 is 0 Å². The smallest absolute Gasteiger partial charge is 0.193 e. The first-order valence-corrected chi connectivity index (χ1v) is 7.75. The van der Waals surface area contributed by atoms with Gasteiger partial charge in [0, 0.05) is 11.1 Å². The van der Waals surface area contributed by atoms with E-state index in [0.717, 1.165) is 23.1 Å². The van der Waals surface area contributed by atoms with Crippen molar-refractivity contribution in [3.05, 3.63) is 71.3 Å². The highest BCUT2D eigenvalue weighted by molar-refractivity contribution is 6.10. The molecule has 0 saturated heterocycles. The zero-order valence-electron chi connectivity index (χ0n) is 13.2. The quantitative estimate of drug-likeness (QED) is 0.649. The van der Waals surface area contributed by atoms with Crippen LogP contribution < -0.4 is 0 Å². The Morgan fingerprint density at radius 1 is 0.952 bits per heavy atom. The third-order valence-electron chi connectivity index (χ3n) is 4.09. The molecule has 1 heteroatoms. The lowest BCUT2D eigenvalue weighted by Gasteiger charge is -2.27. The number of carbonyl (C=O) groups excluding carboxylic acids is 1. The lowest BCUT2D eigenvalue weighted by Crippen LogP contribution is -2.21. The SMILES string of the molecule is CCCCC(C)(C)c1ccccc1C(=O)c1ccccc1. The Morgan fingerprint density at radius 3 is 2.24 bits per heavy atom. The van der Waals surface area contributed by atoms with Crippen molar-refractivity contribution in [3.63, 3.8) is 0 Å². The molecule has 0 aliphatic rings. The number of hydrogen-bond acceptors (Lipinski definition) is 1. The Bertz CT molecular complexity index is 596. The standard InChI is InChI=1S/C20H24O/c1-4-5-15-20(2,3)18-14-10-9-13-17(18)19(21)16-11-7-6-8-12-16/h6-14H,4-5,15H2,1-3H3. The molecular weight excluding hydrogens is 256 g/mol. The van der Waals surface area contributed by atoms with Gasteiger partial charge in [-0.1, -0.05) is 88.2 Å². The van der Waals surface area contributed by atoms with E-state index in [1.165, 1.54) is 12.8 Å². The second-order valence-electron chi connectivity index (χ2n) is 6.23. The van der Waals surface area contributed by atoms with E-state index in [4.69, 9.17) is 0 Å². The predicted octanol–water partition coefficient (Wildman–Crippen LogP) is 5.39. The molecule has 0 N–H and O–H groups in total. The molecule has 0 radical (unpaired) electrons. The van der Waals surface area contributed by atoms with Crippen molar-refractivity contribution in [1.29, 1.82) is 0 Å². The van der Waals surface area contributed by atoms with E-state index in [-0.39, 0.29) is 11.2 Å². The second-order valence-corrected chi connectivity index (χ2v) is 6.23. The average molecular weight is 280 g/mol. The molecule has 2 aromatic carbocycles. The van der Waals surface area contributed by atoms with Crippen molar-refractivity contribution < 1.29 is 4.79 Å². The molecule has 0 aliphatic heterocycles. The summed E-state index contributed by atoms with van der Waals surface area (Å²) < 4.78 is 0. The van der Waals surface area contributed by atoms with Crippen LogP contribution >= 0.6 is 0 Å². The third-order valence-corrected chi connectivity index (χ3v) is 4.09. The maximum absolute atomic E-state index is 12.8. The summed E-state index contributed by atoms with van der Waals surface area (Å²) in [6.07, 6.45) is 3.46. The van der Waals surface area contributed by atoms with E-state index in [1.54, 1.807) is 0 Å². The lowest BCUT2D eigenvalue weighted by molar-refractivity contribution is 0.103. The van der Waals surface area contributed by atoms with Gasteiger partial charge in [0.15, 0.2) is 5.78 Å². The van der Waals surface area contributed by atoms with E-state index >= 15 is 0 Å². The Morgan fingerprint density at radius 2 is 1.57 bits per heavy atom. The van der Waals surface area contributed by atoms with Crippen LogP contribution in [-0.2, 0) is 5.41 Å². The van der Waals surface area contributed by atoms with Gasteiger partial charge < -0.3 is 0 Å². The van der Waals surface area contributed by atoms with E-state index in [9.17, 15) is 4.79 Å². The molecule has 0 saturated carbocycles. The molecule has 0 amide bonds. The molecule has 0 atom stereocenters. The molecule has 2 aromatic rings. The number of benzene rings is 2. The molecule has 1 nitrogen and oxygen atoms in total. The minimum absolute atomic E-state index is 0.0248. The number of hydrogen-bond donors (Lipinski definition) is 0. The molecule has 110 valence electrons. The normalized spacial score (nSPS) is 11.4. The van der Waals surface area contributed by atoms with Gasteiger partial charge in [0.25, 0.3) is 0 Å². The molecule has 0 heterocycles. The molecule has 0 bridgehead atoms. The monoisotopic (exact) mass is 280 g/mol. The Kier molecular flexibility index (Phi) is 4.95. The summed E-state index contributed by atoms with van der Waals surface area (Å²) in [6.45, 7) is 6.68. The highest BCUT2D eigenvalue weighted by atomic mass is 16.1. The summed E-state index contributed by atoms with van der Waals surface area (Å²) in [6, 6.07) is 17.6. The summed E-state index contributed by atoms with van der Waals surface area (Å²) in [5, 5.41) is 0. The van der Waals surface area contributed by atoms with E-state index in [0.29, 0.717) is 0 Å². The van der Waals surface area contributed by atoms with Crippen LogP contribution in [0.5, 0.6) is 0 Å². The van der Waals surface area contributed by atoms with Crippen LogP contribution in [0.1, 0.15) is 61.5 Å². The number of rotatable bonds is 6. The van der Waals surface area contributed by atoms with Crippen LogP contribution in [0.25, 0.3) is 0 Å². The van der Waals surface area contributed by atoms with Crippen LogP contribution in [-0.4, -0.2) is 5.78 Å². The van der Waals surface area contributed by atoms with Gasteiger partial charge in [-0.15, -0.1) is 0 Å². The van der Waals surface area contributed by atoms with Gasteiger partial charge in [0.1, 0.15) is 0 Å². The van der Waals surface area contributed by atoms with Gasteiger partial charge in [-0.25, -0.2) is 0 Å². The second kappa shape index (κ2) is 6.71. The fourth-order valence-electron chi connectivity index (χ4n) is 2.77. The number of ketones is 1. The van der Waals surface area contributed by atoms with Crippen LogP contribution in [0.3, 0.4) is 0 Å². The van der Waals surface area contributed by atoms with Crippen LogP contribution in [0.2, 0.25) is 0 Å². The van der Waals surface area contributed by atoms with Crippen LogP contribution in [0.15, 0.2) is 54.6 Å². The Balaban J connectivity index is 2.40. The highest BCUT2D eigenvalue weighted by Crippen LogP contribution is 2.32. The topological polar surface area (TPSA) is 17.1 Å². The summed E-state index contributed by atoms with van der Waals surface area (Å²) in [7, 11) is 0. The fourth-order valence-corrected chi connectivity index (χ4v) is 2.77. The van der Waals surface area contributed by atoms with Crippen LogP contribution in [0, 0.1) is 0 Å². The first-order valence-electron chi connectivity index (χ1n) is 7.75. The van der Waals surface area contributed by atoms with Gasteiger partial charge in [-0.05, 0) is 17.4 Å². The van der Waals surface area contributed by atoms with Gasteiger partial charge >= 0.3 is 0 Å². The van der Waals surface area contributed by atoms with E-state index in [2.05, 4.69) is 26.8 Å². The first-order chi connectivity index (χ1) is 10.1. The summed E-state index contributed by atoms with van der Waals surface area (Å²) in [5.41, 5.74) is 2.78. The van der Waals surface area contributed by atoms with Gasteiger partial charge in [0.05, 0.1) is 0 Å². The Labute approximate surface area is 128 Å². The molecule has 0 spiro atoms. The molecule has 0 fully saturated rings. The van der Waals surface area contributed by atoms with Crippen molar-refractivity contribution in [2.75, 3.05) is 0 Å². The minimum Gasteiger partial charge on any atom is -0.289 e. The number of unbranched alkanes of at least 4 members (excludes halogenated alkanes) is 1. The van der Waals surface area contributed by atoms with Crippen molar-refractivity contribution in [3.8, 4) is 0 Å². The van der Waals surface area contributed by atoms with E-state index in [1.807, 2.05) is 48.5 Å². The van der Waals surface area contributed by atoms with Gasteiger partial charge in [0.2, 0.25) is 0 Å². The first kappa shape index (κ1) is 15.5. The molecule has 0 aromatic heterocycles. The van der Waals surface area contributed by atoms with Gasteiger partial charge in [-0.2, -0.15) is 0 Å². The third kappa shape index (κ3) is 3.60. The lowest BCUT2D eigenvalue weighted by atomic mass is 9.76. The highest BCUT2D eigenvalue weighted by Gasteiger charge is 2.25. The molecule has 21 heavy (non-hydrogen) atoms. The zero-order valence-corrected chi connectivity index (χ0v) is 13.2. The van der Waals surface area contributed by atoms with Crippen molar-refractivity contribution in [2.24, 2.45) is 0 Å². The minimum atomic E-state index is 0.0248. The van der Waals surface area contributed by atoms with Gasteiger partial charge in [-0.3, -0.25) is 4.79 Å². The average Bonchev–Trinajstić information content (AvgIpc) is 2.53. The van der Waals surface area contributed by atoms with Crippen molar-refractivity contribution in [1.82, 2.24) is 0 Å². The summed E-state index contributed by atoms with van der Waals surface area (Å²) in [4.78, 5) is 12.8. The largest absolute Gasteiger partial charge is 0.289 e. The molecule has 0 unspecified atom stereocenters. The molecule has 0 aliphatic carbocycles. The maximum atomic E-state index is 12.8. The zero-order chi connectivity index (χ0) is 15.3. The van der Waals surface area contributed by atoms with Crippen molar-refractivity contribution >= 4 is 5.78 Å². The fraction of sp³-hybridized carbons (Fsp3) is 0.350. The maximum Gasteiger partial charge on any atom is 0.193 e.